The Morgan fingerprint density at radius 1 is 1.20 bits per heavy atom. The van der Waals surface area contributed by atoms with E-state index in [1.807, 2.05) is 6.92 Å². The second kappa shape index (κ2) is 7.88. The molecule has 1 aromatic rings. The molecule has 3 unspecified atom stereocenters. The van der Waals surface area contributed by atoms with Gasteiger partial charge in [-0.25, -0.2) is 0 Å². The summed E-state index contributed by atoms with van der Waals surface area (Å²) in [4.78, 5) is 15.2. The Labute approximate surface area is 152 Å². The number of amides is 1. The smallest absolute Gasteiger partial charge is 0.225 e. The third kappa shape index (κ3) is 4.42. The van der Waals surface area contributed by atoms with Gasteiger partial charge in [0.05, 0.1) is 5.92 Å². The summed E-state index contributed by atoms with van der Waals surface area (Å²) in [7, 11) is 0. The molecule has 3 atom stereocenters. The number of nitrogens with one attached hydrogen (secondary N) is 1. The van der Waals surface area contributed by atoms with Crippen molar-refractivity contribution in [2.75, 3.05) is 13.1 Å². The van der Waals surface area contributed by atoms with Crippen LogP contribution in [-0.2, 0) is 4.79 Å². The molecule has 4 nitrogen and oxygen atoms in total. The van der Waals surface area contributed by atoms with Gasteiger partial charge in [0.15, 0.2) is 0 Å². The van der Waals surface area contributed by atoms with Gasteiger partial charge < -0.3 is 11.1 Å². The predicted octanol–water partition coefficient (Wildman–Crippen LogP) is 3.24. The quantitative estimate of drug-likeness (QED) is 0.882. The first kappa shape index (κ1) is 18.4. The summed E-state index contributed by atoms with van der Waals surface area (Å²) < 4.78 is 0. The van der Waals surface area contributed by atoms with Gasteiger partial charge in [-0.1, -0.05) is 43.2 Å². The van der Waals surface area contributed by atoms with Crippen molar-refractivity contribution in [3.05, 3.63) is 35.9 Å². The number of benzene rings is 1. The summed E-state index contributed by atoms with van der Waals surface area (Å²) in [6.07, 6.45) is 6.21. The molecular formula is C21H33N3O. The molecule has 0 radical (unpaired) electrons. The van der Waals surface area contributed by atoms with E-state index in [0.717, 1.165) is 51.6 Å². The fourth-order valence-corrected chi connectivity index (χ4v) is 4.46. The van der Waals surface area contributed by atoms with Crippen LogP contribution in [0.25, 0.3) is 0 Å². The molecule has 1 aliphatic heterocycles. The van der Waals surface area contributed by atoms with Gasteiger partial charge in [-0.2, -0.15) is 0 Å². The van der Waals surface area contributed by atoms with Crippen LogP contribution in [0.4, 0.5) is 0 Å². The Morgan fingerprint density at radius 2 is 1.88 bits per heavy atom. The monoisotopic (exact) mass is 343 g/mol. The SMILES string of the molecule is CC(c1ccccc1)N1CCC(NC(=O)C2CCCCC2(C)N)CC1. The highest BCUT2D eigenvalue weighted by molar-refractivity contribution is 5.80. The molecule has 3 N–H and O–H groups in total. The Morgan fingerprint density at radius 3 is 2.52 bits per heavy atom. The second-order valence-electron chi connectivity index (χ2n) is 8.21. The molecule has 1 aromatic carbocycles. The molecule has 2 fully saturated rings. The molecule has 0 bridgehead atoms. The molecule has 2 aliphatic rings. The molecule has 1 saturated carbocycles. The summed E-state index contributed by atoms with van der Waals surface area (Å²) in [6.45, 7) is 6.38. The zero-order valence-electron chi connectivity index (χ0n) is 15.7. The zero-order valence-corrected chi connectivity index (χ0v) is 15.7. The lowest BCUT2D eigenvalue weighted by Crippen LogP contribution is -2.55. The van der Waals surface area contributed by atoms with E-state index in [1.165, 1.54) is 5.56 Å². The molecule has 1 saturated heterocycles. The zero-order chi connectivity index (χ0) is 17.9. The van der Waals surface area contributed by atoms with Crippen LogP contribution in [0.5, 0.6) is 0 Å². The van der Waals surface area contributed by atoms with E-state index < -0.39 is 0 Å². The number of rotatable bonds is 4. The van der Waals surface area contributed by atoms with Gasteiger partial charge >= 0.3 is 0 Å². The Hall–Kier alpha value is -1.39. The van der Waals surface area contributed by atoms with Gasteiger partial charge in [0.25, 0.3) is 0 Å². The number of hydrogen-bond acceptors (Lipinski definition) is 3. The summed E-state index contributed by atoms with van der Waals surface area (Å²) >= 11 is 0. The number of likely N-dealkylation sites (tertiary alicyclic amines) is 1. The molecule has 1 aliphatic carbocycles. The van der Waals surface area contributed by atoms with Crippen LogP contribution < -0.4 is 11.1 Å². The molecule has 0 aromatic heterocycles. The standard InChI is InChI=1S/C21H33N3O/c1-16(17-8-4-3-5-9-17)24-14-11-18(12-15-24)23-20(25)19-10-6-7-13-21(19,2)22/h3-5,8-9,16,18-19H,6-7,10-15,22H2,1-2H3,(H,23,25). The van der Waals surface area contributed by atoms with Gasteiger partial charge in [0.1, 0.15) is 0 Å². The molecule has 1 amide bonds. The number of carbonyl (C=O) groups is 1. The minimum Gasteiger partial charge on any atom is -0.353 e. The van der Waals surface area contributed by atoms with E-state index in [-0.39, 0.29) is 17.4 Å². The first-order valence-corrected chi connectivity index (χ1v) is 9.85. The lowest BCUT2D eigenvalue weighted by Gasteiger charge is -2.40. The van der Waals surface area contributed by atoms with Gasteiger partial charge in [-0.15, -0.1) is 0 Å². The second-order valence-corrected chi connectivity index (χ2v) is 8.21. The van der Waals surface area contributed by atoms with E-state index in [0.29, 0.717) is 12.1 Å². The van der Waals surface area contributed by atoms with E-state index in [9.17, 15) is 4.79 Å². The average Bonchev–Trinajstić information content (AvgIpc) is 2.62. The number of nitrogens with zero attached hydrogens (tertiary/aromatic N) is 1. The maximum absolute atomic E-state index is 12.7. The predicted molar refractivity (Wildman–Crippen MR) is 102 cm³/mol. The maximum Gasteiger partial charge on any atom is 0.225 e. The van der Waals surface area contributed by atoms with Gasteiger partial charge in [0, 0.05) is 30.7 Å². The highest BCUT2D eigenvalue weighted by Gasteiger charge is 2.38. The largest absolute Gasteiger partial charge is 0.353 e. The highest BCUT2D eigenvalue weighted by Crippen LogP contribution is 2.32. The maximum atomic E-state index is 12.7. The van der Waals surface area contributed by atoms with E-state index >= 15 is 0 Å². The summed E-state index contributed by atoms with van der Waals surface area (Å²) in [6, 6.07) is 11.4. The summed E-state index contributed by atoms with van der Waals surface area (Å²) in [5.74, 6) is 0.154. The fraction of sp³-hybridized carbons (Fsp3) is 0.667. The first-order valence-electron chi connectivity index (χ1n) is 9.85. The van der Waals surface area contributed by atoms with Crippen molar-refractivity contribution in [1.82, 2.24) is 10.2 Å². The molecule has 25 heavy (non-hydrogen) atoms. The normalized spacial score (nSPS) is 30.0. The van der Waals surface area contributed by atoms with Crippen LogP contribution in [0.1, 0.15) is 64.0 Å². The number of nitrogens with two attached hydrogens (primary N) is 1. The molecule has 3 rings (SSSR count). The molecule has 138 valence electrons. The minimum absolute atomic E-state index is 0.0254. The number of hydrogen-bond donors (Lipinski definition) is 2. The fourth-order valence-electron chi connectivity index (χ4n) is 4.46. The van der Waals surface area contributed by atoms with Crippen LogP contribution in [0.2, 0.25) is 0 Å². The third-order valence-electron chi connectivity index (χ3n) is 6.28. The number of piperidine rings is 1. The molecule has 1 heterocycles. The lowest BCUT2D eigenvalue weighted by atomic mass is 9.74. The Bertz CT molecular complexity index is 564. The first-order chi connectivity index (χ1) is 12.0. The third-order valence-corrected chi connectivity index (χ3v) is 6.28. The van der Waals surface area contributed by atoms with Crippen LogP contribution in [0.3, 0.4) is 0 Å². The number of carbonyl (C=O) groups excluding carboxylic acids is 1. The van der Waals surface area contributed by atoms with E-state index in [4.69, 9.17) is 5.73 Å². The minimum atomic E-state index is -0.342. The van der Waals surface area contributed by atoms with Crippen molar-refractivity contribution in [2.24, 2.45) is 11.7 Å². The van der Waals surface area contributed by atoms with Crippen molar-refractivity contribution in [3.63, 3.8) is 0 Å². The van der Waals surface area contributed by atoms with E-state index in [2.05, 4.69) is 47.5 Å². The van der Waals surface area contributed by atoms with E-state index in [1.54, 1.807) is 0 Å². The lowest BCUT2D eigenvalue weighted by molar-refractivity contribution is -0.129. The van der Waals surface area contributed by atoms with Gasteiger partial charge in [-0.05, 0) is 45.1 Å². The summed E-state index contributed by atoms with van der Waals surface area (Å²) in [5.41, 5.74) is 7.41. The highest BCUT2D eigenvalue weighted by atomic mass is 16.2. The van der Waals surface area contributed by atoms with Gasteiger partial charge in [-0.3, -0.25) is 9.69 Å². The van der Waals surface area contributed by atoms with Crippen molar-refractivity contribution in [1.29, 1.82) is 0 Å². The van der Waals surface area contributed by atoms with Crippen LogP contribution in [0.15, 0.2) is 30.3 Å². The van der Waals surface area contributed by atoms with Crippen molar-refractivity contribution in [3.8, 4) is 0 Å². The van der Waals surface area contributed by atoms with Crippen LogP contribution >= 0.6 is 0 Å². The molecule has 0 spiro atoms. The van der Waals surface area contributed by atoms with Crippen molar-refractivity contribution in [2.45, 2.75) is 70.0 Å². The van der Waals surface area contributed by atoms with Crippen molar-refractivity contribution < 1.29 is 4.79 Å². The topological polar surface area (TPSA) is 58.4 Å². The average molecular weight is 344 g/mol. The van der Waals surface area contributed by atoms with Crippen LogP contribution in [-0.4, -0.2) is 35.5 Å². The molecule has 4 heteroatoms. The molecular weight excluding hydrogens is 310 g/mol. The van der Waals surface area contributed by atoms with Crippen LogP contribution in [0, 0.1) is 5.92 Å². The summed E-state index contributed by atoms with van der Waals surface area (Å²) in [5, 5.41) is 3.30. The Kier molecular flexibility index (Phi) is 5.80. The Balaban J connectivity index is 1.50. The van der Waals surface area contributed by atoms with Crippen molar-refractivity contribution >= 4 is 5.91 Å². The van der Waals surface area contributed by atoms with Gasteiger partial charge in [0.2, 0.25) is 5.91 Å².